The van der Waals surface area contributed by atoms with Gasteiger partial charge < -0.3 is 25.2 Å². The van der Waals surface area contributed by atoms with E-state index in [1.807, 2.05) is 43.3 Å². The van der Waals surface area contributed by atoms with Gasteiger partial charge in [0.15, 0.2) is 11.5 Å². The highest BCUT2D eigenvalue weighted by atomic mass is 32.1. The standard InChI is InChI=1S/C29H35N5O3S/c1-17-20(16-35)12-13-29(17,3)34-26-25(27-32-21-8-6-7-9-24(21)38-27)18(2)31-28(33-26)30-15-19-10-11-22(36-4)23(14-19)37-5/h6-11,14,17,20,35H,12-13,15-16H2,1-5H3,(H2,30,31,33,34). The highest BCUT2D eigenvalue weighted by molar-refractivity contribution is 7.21. The van der Waals surface area contributed by atoms with Crippen molar-refractivity contribution in [2.75, 3.05) is 31.5 Å². The number of methoxy groups -OCH3 is 2. The van der Waals surface area contributed by atoms with Crippen LogP contribution in [-0.2, 0) is 6.54 Å². The third kappa shape index (κ3) is 5.00. The molecule has 38 heavy (non-hydrogen) atoms. The van der Waals surface area contributed by atoms with Crippen molar-refractivity contribution >= 4 is 33.3 Å². The first-order chi connectivity index (χ1) is 18.3. The van der Waals surface area contributed by atoms with Crippen LogP contribution in [0.3, 0.4) is 0 Å². The molecule has 0 saturated heterocycles. The quantitative estimate of drug-likeness (QED) is 0.244. The first-order valence-electron chi connectivity index (χ1n) is 12.9. The van der Waals surface area contributed by atoms with Crippen molar-refractivity contribution in [1.82, 2.24) is 15.0 Å². The molecule has 2 heterocycles. The predicted molar refractivity (Wildman–Crippen MR) is 153 cm³/mol. The van der Waals surface area contributed by atoms with Gasteiger partial charge in [0.25, 0.3) is 0 Å². The maximum Gasteiger partial charge on any atom is 0.225 e. The van der Waals surface area contributed by atoms with Crippen LogP contribution < -0.4 is 20.1 Å². The maximum atomic E-state index is 9.90. The summed E-state index contributed by atoms with van der Waals surface area (Å²) in [6.45, 7) is 7.17. The number of rotatable bonds is 9. The molecule has 3 N–H and O–H groups in total. The number of nitrogens with zero attached hydrogens (tertiary/aromatic N) is 3. The molecule has 1 fully saturated rings. The number of aliphatic hydroxyl groups is 1. The fraction of sp³-hybridized carbons (Fsp3) is 0.414. The lowest BCUT2D eigenvalue weighted by molar-refractivity contribution is 0.187. The molecule has 200 valence electrons. The van der Waals surface area contributed by atoms with Crippen molar-refractivity contribution in [2.24, 2.45) is 11.8 Å². The van der Waals surface area contributed by atoms with Crippen LogP contribution in [0, 0.1) is 18.8 Å². The van der Waals surface area contributed by atoms with E-state index in [1.165, 1.54) is 0 Å². The number of aryl methyl sites for hydroxylation is 1. The Hall–Kier alpha value is -3.43. The number of hydrogen-bond acceptors (Lipinski definition) is 9. The Morgan fingerprint density at radius 1 is 1.08 bits per heavy atom. The lowest BCUT2D eigenvalue weighted by atomic mass is 9.86. The molecular weight excluding hydrogens is 498 g/mol. The van der Waals surface area contributed by atoms with E-state index < -0.39 is 0 Å². The zero-order valence-corrected chi connectivity index (χ0v) is 23.4. The van der Waals surface area contributed by atoms with Crippen LogP contribution in [0.4, 0.5) is 11.8 Å². The van der Waals surface area contributed by atoms with Crippen LogP contribution in [0.25, 0.3) is 20.8 Å². The van der Waals surface area contributed by atoms with Crippen LogP contribution in [0.2, 0.25) is 0 Å². The molecule has 9 heteroatoms. The molecule has 1 saturated carbocycles. The van der Waals surface area contributed by atoms with Gasteiger partial charge in [-0.25, -0.2) is 9.97 Å². The monoisotopic (exact) mass is 533 g/mol. The average molecular weight is 534 g/mol. The second-order valence-corrected chi connectivity index (χ2v) is 11.2. The predicted octanol–water partition coefficient (Wildman–Crippen LogP) is 5.90. The summed E-state index contributed by atoms with van der Waals surface area (Å²) in [4.78, 5) is 14.7. The smallest absolute Gasteiger partial charge is 0.225 e. The van der Waals surface area contributed by atoms with Crippen molar-refractivity contribution in [3.05, 3.63) is 53.7 Å². The van der Waals surface area contributed by atoms with Crippen molar-refractivity contribution in [3.8, 4) is 22.1 Å². The Morgan fingerprint density at radius 2 is 1.87 bits per heavy atom. The Kier molecular flexibility index (Phi) is 7.40. The summed E-state index contributed by atoms with van der Waals surface area (Å²) in [5, 5.41) is 18.0. The van der Waals surface area contributed by atoms with E-state index in [9.17, 15) is 5.11 Å². The number of para-hydroxylation sites is 1. The number of benzene rings is 2. The summed E-state index contributed by atoms with van der Waals surface area (Å²) in [7, 11) is 3.26. The Balaban J connectivity index is 1.50. The molecule has 1 aliphatic rings. The number of hydrogen-bond donors (Lipinski definition) is 3. The average Bonchev–Trinajstić information content (AvgIpc) is 3.47. The summed E-state index contributed by atoms with van der Waals surface area (Å²) in [5.74, 6) is 3.23. The van der Waals surface area contributed by atoms with E-state index in [4.69, 9.17) is 24.4 Å². The number of anilines is 2. The van der Waals surface area contributed by atoms with Gasteiger partial charge in [-0.1, -0.05) is 25.1 Å². The number of nitrogens with one attached hydrogen (secondary N) is 2. The van der Waals surface area contributed by atoms with Crippen LogP contribution >= 0.6 is 11.3 Å². The molecule has 2 aromatic heterocycles. The lowest BCUT2D eigenvalue weighted by Crippen LogP contribution is -2.40. The summed E-state index contributed by atoms with van der Waals surface area (Å²) in [5.41, 5.74) is 3.55. The Labute approximate surface area is 227 Å². The van der Waals surface area contributed by atoms with Crippen LogP contribution in [-0.4, -0.2) is 46.4 Å². The fourth-order valence-electron chi connectivity index (χ4n) is 5.33. The fourth-order valence-corrected chi connectivity index (χ4v) is 6.39. The number of ether oxygens (including phenoxy) is 2. The van der Waals surface area contributed by atoms with Crippen molar-refractivity contribution in [1.29, 1.82) is 0 Å². The molecule has 0 amide bonds. The van der Waals surface area contributed by atoms with Gasteiger partial charge in [-0.05, 0) is 68.4 Å². The van der Waals surface area contributed by atoms with Crippen molar-refractivity contribution < 1.29 is 14.6 Å². The SMILES string of the molecule is COc1ccc(CNc2nc(C)c(-c3nc4ccccc4s3)c(NC3(C)CCC(CO)C3C)n2)cc1OC. The van der Waals surface area contributed by atoms with E-state index >= 15 is 0 Å². The van der Waals surface area contributed by atoms with Gasteiger partial charge in [0, 0.05) is 18.7 Å². The van der Waals surface area contributed by atoms with Crippen molar-refractivity contribution in [3.63, 3.8) is 0 Å². The highest BCUT2D eigenvalue weighted by Gasteiger charge is 2.43. The maximum absolute atomic E-state index is 9.90. The minimum Gasteiger partial charge on any atom is -0.493 e. The highest BCUT2D eigenvalue weighted by Crippen LogP contribution is 2.44. The minimum absolute atomic E-state index is 0.199. The van der Waals surface area contributed by atoms with E-state index in [0.29, 0.717) is 24.0 Å². The first-order valence-corrected chi connectivity index (χ1v) is 13.7. The van der Waals surface area contributed by atoms with Crippen LogP contribution in [0.5, 0.6) is 11.5 Å². The summed E-state index contributed by atoms with van der Waals surface area (Å²) >= 11 is 1.65. The second kappa shape index (κ2) is 10.7. The molecule has 4 aromatic rings. The van der Waals surface area contributed by atoms with Gasteiger partial charge in [-0.2, -0.15) is 4.98 Å². The van der Waals surface area contributed by atoms with Gasteiger partial charge in [-0.15, -0.1) is 11.3 Å². The summed E-state index contributed by atoms with van der Waals surface area (Å²) < 4.78 is 11.9. The van der Waals surface area contributed by atoms with Crippen LogP contribution in [0.15, 0.2) is 42.5 Å². The van der Waals surface area contributed by atoms with E-state index in [-0.39, 0.29) is 24.0 Å². The lowest BCUT2D eigenvalue weighted by Gasteiger charge is -2.34. The van der Waals surface area contributed by atoms with Gasteiger partial charge >= 0.3 is 0 Å². The third-order valence-corrected chi connectivity index (χ3v) is 8.94. The third-order valence-electron chi connectivity index (χ3n) is 7.88. The summed E-state index contributed by atoms with van der Waals surface area (Å²) in [6.07, 6.45) is 1.93. The number of thiazole rings is 1. The molecule has 0 aliphatic heterocycles. The largest absolute Gasteiger partial charge is 0.493 e. The molecule has 8 nitrogen and oxygen atoms in total. The van der Waals surface area contributed by atoms with Crippen LogP contribution in [0.1, 0.15) is 37.9 Å². The molecule has 3 atom stereocenters. The van der Waals surface area contributed by atoms with Gasteiger partial charge in [-0.3, -0.25) is 0 Å². The van der Waals surface area contributed by atoms with E-state index in [0.717, 1.165) is 50.7 Å². The topological polar surface area (TPSA) is 101 Å². The molecule has 3 unspecified atom stereocenters. The molecule has 5 rings (SSSR count). The minimum atomic E-state index is -0.208. The Morgan fingerprint density at radius 3 is 2.58 bits per heavy atom. The van der Waals surface area contributed by atoms with E-state index in [2.05, 4.69) is 30.5 Å². The molecule has 1 aliphatic carbocycles. The molecule has 2 aromatic carbocycles. The number of aromatic nitrogens is 3. The molecule has 0 bridgehead atoms. The molecule has 0 radical (unpaired) electrons. The summed E-state index contributed by atoms with van der Waals surface area (Å²) in [6, 6.07) is 14.0. The zero-order valence-electron chi connectivity index (χ0n) is 22.5. The Bertz CT molecular complexity index is 1410. The van der Waals surface area contributed by atoms with Gasteiger partial charge in [0.05, 0.1) is 35.7 Å². The number of aliphatic hydroxyl groups excluding tert-OH is 1. The van der Waals surface area contributed by atoms with Crippen molar-refractivity contribution in [2.45, 2.75) is 45.7 Å². The molecular formula is C29H35N5O3S. The normalized spacial score (nSPS) is 21.0. The zero-order chi connectivity index (χ0) is 26.9. The molecule has 0 spiro atoms. The first kappa shape index (κ1) is 26.2. The van der Waals surface area contributed by atoms with E-state index in [1.54, 1.807) is 25.6 Å². The number of fused-ring (bicyclic) bond motifs is 1. The second-order valence-electron chi connectivity index (χ2n) is 10.2. The van der Waals surface area contributed by atoms with Gasteiger partial charge in [0.1, 0.15) is 10.8 Å². The van der Waals surface area contributed by atoms with Gasteiger partial charge in [0.2, 0.25) is 5.95 Å².